The predicted molar refractivity (Wildman–Crippen MR) is 32.0 cm³/mol. The van der Waals surface area contributed by atoms with Crippen molar-refractivity contribution in [3.8, 4) is 0 Å². The van der Waals surface area contributed by atoms with E-state index >= 15 is 0 Å². The van der Waals surface area contributed by atoms with Gasteiger partial charge in [-0.1, -0.05) is 20.8 Å². The summed E-state index contributed by atoms with van der Waals surface area (Å²) in [5, 5.41) is 0. The van der Waals surface area contributed by atoms with E-state index in [-0.39, 0.29) is 0 Å². The summed E-state index contributed by atoms with van der Waals surface area (Å²) in [5.41, 5.74) is 2.61. The fourth-order valence-corrected chi connectivity index (χ4v) is 0.144. The molecule has 0 aromatic heterocycles. The fourth-order valence-electron chi connectivity index (χ4n) is 0.144. The number of hydrogen-bond donors (Lipinski definition) is 1. The van der Waals surface area contributed by atoms with E-state index < -0.39 is 0 Å². The van der Waals surface area contributed by atoms with Crippen LogP contribution in [0.4, 0.5) is 0 Å². The molecule has 0 aromatic rings. The lowest BCUT2D eigenvalue weighted by Crippen LogP contribution is -2.08. The lowest BCUT2D eigenvalue weighted by Gasteiger charge is -1.88. The highest BCUT2D eigenvalue weighted by molar-refractivity contribution is 4.08. The van der Waals surface area contributed by atoms with Crippen LogP contribution in [0.3, 0.4) is 0 Å². The Labute approximate surface area is 45.8 Å². The van der Waals surface area contributed by atoms with Crippen molar-refractivity contribution >= 4 is 0 Å². The van der Waals surface area contributed by atoms with Crippen molar-refractivity contribution in [1.82, 2.24) is 5.48 Å². The first-order valence-electron chi connectivity index (χ1n) is 2.67. The molecular weight excluding hydrogens is 90.1 g/mol. The van der Waals surface area contributed by atoms with Gasteiger partial charge in [-0.15, -0.1) is 0 Å². The van der Waals surface area contributed by atoms with Gasteiger partial charge in [0, 0.05) is 6.54 Å². The van der Waals surface area contributed by atoms with Gasteiger partial charge in [-0.05, 0) is 0 Å². The van der Waals surface area contributed by atoms with E-state index in [9.17, 15) is 0 Å². The number of hydrogen-bond acceptors (Lipinski definition) is 2. The molecule has 2 nitrogen and oxygen atoms in total. The van der Waals surface area contributed by atoms with E-state index in [1.54, 1.807) is 7.11 Å². The summed E-state index contributed by atoms with van der Waals surface area (Å²) in [6.45, 7) is 6.85. The van der Waals surface area contributed by atoms with E-state index in [1.165, 1.54) is 0 Å². The lowest BCUT2D eigenvalue weighted by molar-refractivity contribution is 0.0962. The Morgan fingerprint density at radius 3 is 1.86 bits per heavy atom. The van der Waals surface area contributed by atoms with Gasteiger partial charge in [0.15, 0.2) is 0 Å². The third-order valence-corrected chi connectivity index (χ3v) is 0.289. The summed E-state index contributed by atoms with van der Waals surface area (Å²) in [6, 6.07) is 0. The Kier molecular flexibility index (Phi) is 24.1. The second kappa shape index (κ2) is 16.8. The van der Waals surface area contributed by atoms with Crippen molar-refractivity contribution in [1.29, 1.82) is 0 Å². The SMILES string of the molecule is CC.CCNOC. The van der Waals surface area contributed by atoms with Gasteiger partial charge >= 0.3 is 0 Å². The zero-order valence-corrected chi connectivity index (χ0v) is 5.62. The van der Waals surface area contributed by atoms with Crippen molar-refractivity contribution in [3.05, 3.63) is 0 Å². The van der Waals surface area contributed by atoms with Crippen molar-refractivity contribution < 1.29 is 4.84 Å². The van der Waals surface area contributed by atoms with Crippen LogP contribution in [0, 0.1) is 0 Å². The highest BCUT2D eigenvalue weighted by atomic mass is 16.6. The molecule has 0 aliphatic rings. The molecule has 0 aromatic carbocycles. The summed E-state index contributed by atoms with van der Waals surface area (Å²) < 4.78 is 0. The van der Waals surface area contributed by atoms with Crippen LogP contribution in [0.2, 0.25) is 0 Å². The zero-order valence-electron chi connectivity index (χ0n) is 5.62. The zero-order chi connectivity index (χ0) is 6.12. The van der Waals surface area contributed by atoms with Crippen LogP contribution in [0.15, 0.2) is 0 Å². The maximum absolute atomic E-state index is 4.44. The van der Waals surface area contributed by atoms with E-state index in [1.807, 2.05) is 20.8 Å². The summed E-state index contributed by atoms with van der Waals surface area (Å²) in [6.07, 6.45) is 0. The van der Waals surface area contributed by atoms with Gasteiger partial charge in [-0.25, -0.2) is 5.48 Å². The van der Waals surface area contributed by atoms with Crippen LogP contribution in [-0.4, -0.2) is 13.7 Å². The van der Waals surface area contributed by atoms with Crippen LogP contribution >= 0.6 is 0 Å². The maximum Gasteiger partial charge on any atom is 0.0572 e. The topological polar surface area (TPSA) is 21.3 Å². The van der Waals surface area contributed by atoms with Crippen LogP contribution in [0.5, 0.6) is 0 Å². The first kappa shape index (κ1) is 10.0. The molecule has 0 fully saturated rings. The average Bonchev–Trinajstić information content (AvgIpc) is 1.75. The molecule has 0 saturated carbocycles. The molecule has 0 radical (unpaired) electrons. The largest absolute Gasteiger partial charge is 0.305 e. The smallest absolute Gasteiger partial charge is 0.0572 e. The lowest BCUT2D eigenvalue weighted by atomic mass is 10.8. The molecule has 0 saturated heterocycles. The minimum atomic E-state index is 0.872. The Balaban J connectivity index is 0. The van der Waals surface area contributed by atoms with Gasteiger partial charge in [0.05, 0.1) is 7.11 Å². The van der Waals surface area contributed by atoms with E-state index in [4.69, 9.17) is 0 Å². The summed E-state index contributed by atoms with van der Waals surface area (Å²) in [5.74, 6) is 0. The Morgan fingerprint density at radius 2 is 1.86 bits per heavy atom. The summed E-state index contributed by atoms with van der Waals surface area (Å²) in [7, 11) is 1.60. The minimum Gasteiger partial charge on any atom is -0.305 e. The molecular formula is C5H15NO. The van der Waals surface area contributed by atoms with E-state index in [0.29, 0.717) is 0 Å². The van der Waals surface area contributed by atoms with E-state index in [2.05, 4.69) is 10.3 Å². The van der Waals surface area contributed by atoms with Gasteiger partial charge in [0.25, 0.3) is 0 Å². The summed E-state index contributed by atoms with van der Waals surface area (Å²) in [4.78, 5) is 4.44. The highest BCUT2D eigenvalue weighted by Gasteiger charge is 1.61. The molecule has 0 bridgehead atoms. The molecule has 0 unspecified atom stereocenters. The van der Waals surface area contributed by atoms with Crippen LogP contribution in [0.1, 0.15) is 20.8 Å². The van der Waals surface area contributed by atoms with Crippen molar-refractivity contribution in [2.24, 2.45) is 0 Å². The second-order valence-corrected chi connectivity index (χ2v) is 0.702. The Morgan fingerprint density at radius 1 is 1.43 bits per heavy atom. The predicted octanol–water partition coefficient (Wildman–Crippen LogP) is 1.18. The molecule has 0 amide bonds. The third kappa shape index (κ3) is 24.7. The number of nitrogens with one attached hydrogen (secondary N) is 1. The second-order valence-electron chi connectivity index (χ2n) is 0.702. The van der Waals surface area contributed by atoms with Crippen LogP contribution < -0.4 is 5.48 Å². The van der Waals surface area contributed by atoms with Crippen molar-refractivity contribution in [2.75, 3.05) is 13.7 Å². The van der Waals surface area contributed by atoms with Crippen LogP contribution in [0.25, 0.3) is 0 Å². The fraction of sp³-hybridized carbons (Fsp3) is 1.00. The van der Waals surface area contributed by atoms with E-state index in [0.717, 1.165) is 6.54 Å². The summed E-state index contributed by atoms with van der Waals surface area (Å²) >= 11 is 0. The molecule has 0 atom stereocenters. The minimum absolute atomic E-state index is 0.872. The third-order valence-electron chi connectivity index (χ3n) is 0.289. The van der Waals surface area contributed by atoms with Crippen LogP contribution in [-0.2, 0) is 4.84 Å². The Hall–Kier alpha value is -0.0800. The normalized spacial score (nSPS) is 6.86. The number of hydroxylamine groups is 1. The molecule has 1 N–H and O–H groups in total. The van der Waals surface area contributed by atoms with Gasteiger partial charge in [-0.3, -0.25) is 0 Å². The first-order chi connectivity index (χ1) is 3.41. The van der Waals surface area contributed by atoms with Gasteiger partial charge < -0.3 is 4.84 Å². The molecule has 0 rings (SSSR count). The highest BCUT2D eigenvalue weighted by Crippen LogP contribution is 1.47. The van der Waals surface area contributed by atoms with Gasteiger partial charge in [0.1, 0.15) is 0 Å². The van der Waals surface area contributed by atoms with Crippen molar-refractivity contribution in [2.45, 2.75) is 20.8 Å². The molecule has 0 heterocycles. The molecule has 46 valence electrons. The molecule has 7 heavy (non-hydrogen) atoms. The number of rotatable bonds is 2. The molecule has 0 aliphatic carbocycles. The standard InChI is InChI=1S/C3H9NO.C2H6/c1-3-4-5-2;1-2/h4H,3H2,1-2H3;1-2H3. The van der Waals surface area contributed by atoms with Gasteiger partial charge in [-0.2, -0.15) is 0 Å². The monoisotopic (exact) mass is 105 g/mol. The maximum atomic E-state index is 4.44. The first-order valence-corrected chi connectivity index (χ1v) is 2.67. The molecule has 0 aliphatic heterocycles. The van der Waals surface area contributed by atoms with Gasteiger partial charge in [0.2, 0.25) is 0 Å². The van der Waals surface area contributed by atoms with Crippen molar-refractivity contribution in [3.63, 3.8) is 0 Å². The molecule has 2 heteroatoms. The molecule has 0 spiro atoms. The quantitative estimate of drug-likeness (QED) is 0.532. The Bertz CT molecular complexity index is 15.6. The average molecular weight is 105 g/mol.